The molecule has 140 valence electrons. The zero-order valence-electron chi connectivity index (χ0n) is 14.9. The molecule has 1 saturated heterocycles. The lowest BCUT2D eigenvalue weighted by Crippen LogP contribution is -2.38. The fraction of sp³-hybridized carbons (Fsp3) is 0.333. The number of oxazole rings is 1. The molecule has 0 radical (unpaired) electrons. The van der Waals surface area contributed by atoms with Crippen molar-refractivity contribution in [3.63, 3.8) is 0 Å². The molecular weight excluding hydrogens is 408 g/mol. The fourth-order valence-corrected chi connectivity index (χ4v) is 3.79. The number of para-hydroxylation sites is 2. The number of benzene rings is 2. The van der Waals surface area contributed by atoms with E-state index in [0.29, 0.717) is 13.0 Å². The second-order valence-corrected chi connectivity index (χ2v) is 7.65. The Morgan fingerprint density at radius 3 is 2.78 bits per heavy atom. The number of fused-ring (bicyclic) bond motifs is 1. The largest absolute Gasteiger partial charge is 0.493 e. The number of rotatable bonds is 5. The fourth-order valence-electron chi connectivity index (χ4n) is 3.41. The van der Waals surface area contributed by atoms with E-state index in [4.69, 9.17) is 9.15 Å². The van der Waals surface area contributed by atoms with Crippen molar-refractivity contribution in [3.8, 4) is 5.75 Å². The summed E-state index contributed by atoms with van der Waals surface area (Å²) in [6.45, 7) is 1.86. The van der Waals surface area contributed by atoms with Crippen molar-refractivity contribution < 1.29 is 13.9 Å². The Bertz CT molecular complexity index is 899. The lowest BCUT2D eigenvalue weighted by atomic mass is 9.96. The second kappa shape index (κ2) is 8.13. The van der Waals surface area contributed by atoms with Gasteiger partial charge in [0, 0.05) is 23.5 Å². The van der Waals surface area contributed by atoms with Crippen molar-refractivity contribution in [2.45, 2.75) is 25.2 Å². The van der Waals surface area contributed by atoms with E-state index in [-0.39, 0.29) is 11.8 Å². The molecule has 0 N–H and O–H groups in total. The van der Waals surface area contributed by atoms with E-state index >= 15 is 0 Å². The number of amides is 1. The summed E-state index contributed by atoms with van der Waals surface area (Å²) < 4.78 is 12.5. The van der Waals surface area contributed by atoms with Gasteiger partial charge in [0.05, 0.1) is 13.0 Å². The highest BCUT2D eigenvalue weighted by atomic mass is 79.9. The average Bonchev–Trinajstić information content (AvgIpc) is 3.12. The highest BCUT2D eigenvalue weighted by Gasteiger charge is 2.26. The van der Waals surface area contributed by atoms with Crippen molar-refractivity contribution in [3.05, 3.63) is 58.9 Å². The van der Waals surface area contributed by atoms with Gasteiger partial charge in [-0.25, -0.2) is 4.98 Å². The van der Waals surface area contributed by atoms with Gasteiger partial charge in [-0.15, -0.1) is 0 Å². The van der Waals surface area contributed by atoms with E-state index in [1.54, 1.807) is 0 Å². The molecule has 4 rings (SSSR count). The number of hydrogen-bond donors (Lipinski definition) is 0. The van der Waals surface area contributed by atoms with Crippen LogP contribution in [0.15, 0.2) is 57.4 Å². The quantitative estimate of drug-likeness (QED) is 0.587. The third-order valence-electron chi connectivity index (χ3n) is 4.89. The first-order chi connectivity index (χ1) is 13.2. The van der Waals surface area contributed by atoms with Crippen molar-refractivity contribution in [2.24, 2.45) is 0 Å². The van der Waals surface area contributed by atoms with Crippen LogP contribution in [0.2, 0.25) is 0 Å². The summed E-state index contributed by atoms with van der Waals surface area (Å²) in [7, 11) is 0. The van der Waals surface area contributed by atoms with Crippen molar-refractivity contribution in [2.75, 3.05) is 19.7 Å². The Morgan fingerprint density at radius 2 is 2.00 bits per heavy atom. The Morgan fingerprint density at radius 1 is 1.19 bits per heavy atom. The minimum absolute atomic E-state index is 0.140. The van der Waals surface area contributed by atoms with Gasteiger partial charge in [-0.05, 0) is 43.2 Å². The van der Waals surface area contributed by atoms with Gasteiger partial charge < -0.3 is 14.1 Å². The first kappa shape index (κ1) is 18.0. The summed E-state index contributed by atoms with van der Waals surface area (Å²) in [6.07, 6.45) is 2.15. The molecule has 6 heteroatoms. The average molecular weight is 429 g/mol. The van der Waals surface area contributed by atoms with E-state index in [1.165, 1.54) is 0 Å². The molecule has 1 fully saturated rings. The molecule has 1 amide bonds. The molecule has 3 aromatic rings. The SMILES string of the molecule is O=C(CCOc1cccc(Br)c1)N1CCC(c2nc3ccccc3o2)CC1. The van der Waals surface area contributed by atoms with Gasteiger partial charge in [-0.3, -0.25) is 4.79 Å². The van der Waals surface area contributed by atoms with Gasteiger partial charge in [-0.1, -0.05) is 34.1 Å². The van der Waals surface area contributed by atoms with Crippen LogP contribution in [-0.4, -0.2) is 35.5 Å². The summed E-state index contributed by atoms with van der Waals surface area (Å²) in [6, 6.07) is 15.5. The minimum atomic E-state index is 0.140. The monoisotopic (exact) mass is 428 g/mol. The van der Waals surface area contributed by atoms with Crippen LogP contribution < -0.4 is 4.74 Å². The molecule has 27 heavy (non-hydrogen) atoms. The summed E-state index contributed by atoms with van der Waals surface area (Å²) in [5, 5.41) is 0. The number of likely N-dealkylation sites (tertiary alicyclic amines) is 1. The number of halogens is 1. The van der Waals surface area contributed by atoms with Crippen LogP contribution in [0.1, 0.15) is 31.1 Å². The number of aromatic nitrogens is 1. The van der Waals surface area contributed by atoms with Crippen molar-refractivity contribution >= 4 is 32.9 Å². The van der Waals surface area contributed by atoms with Gasteiger partial charge in [0.25, 0.3) is 0 Å². The van der Waals surface area contributed by atoms with Crippen LogP contribution in [0.4, 0.5) is 0 Å². The van der Waals surface area contributed by atoms with Gasteiger partial charge in [-0.2, -0.15) is 0 Å². The predicted molar refractivity (Wildman–Crippen MR) is 107 cm³/mol. The van der Waals surface area contributed by atoms with E-state index < -0.39 is 0 Å². The molecule has 0 aliphatic carbocycles. The topological polar surface area (TPSA) is 55.6 Å². The molecule has 1 aromatic heterocycles. The van der Waals surface area contributed by atoms with E-state index in [9.17, 15) is 4.79 Å². The van der Waals surface area contributed by atoms with Crippen LogP contribution in [0.25, 0.3) is 11.1 Å². The molecule has 5 nitrogen and oxygen atoms in total. The predicted octanol–water partition coefficient (Wildman–Crippen LogP) is 4.77. The minimum Gasteiger partial charge on any atom is -0.493 e. The summed E-state index contributed by atoms with van der Waals surface area (Å²) >= 11 is 3.41. The van der Waals surface area contributed by atoms with Crippen LogP contribution in [-0.2, 0) is 4.79 Å². The molecule has 2 heterocycles. The van der Waals surface area contributed by atoms with E-state index in [0.717, 1.165) is 53.1 Å². The number of nitrogens with zero attached hydrogens (tertiary/aromatic N) is 2. The molecule has 2 aromatic carbocycles. The maximum atomic E-state index is 12.4. The molecule has 1 aliphatic heterocycles. The second-order valence-electron chi connectivity index (χ2n) is 6.73. The third kappa shape index (κ3) is 4.33. The van der Waals surface area contributed by atoms with E-state index in [1.807, 2.05) is 53.4 Å². The number of carbonyl (C=O) groups excluding carboxylic acids is 1. The lowest BCUT2D eigenvalue weighted by Gasteiger charge is -2.30. The zero-order chi connectivity index (χ0) is 18.6. The number of carbonyl (C=O) groups is 1. The standard InChI is InChI=1S/C21H21BrN2O3/c22-16-4-3-5-17(14-16)26-13-10-20(25)24-11-8-15(9-12-24)21-23-18-6-1-2-7-19(18)27-21/h1-7,14-15H,8-13H2. The molecular formula is C21H21BrN2O3. The Hall–Kier alpha value is -2.34. The Balaban J connectivity index is 1.26. The van der Waals surface area contributed by atoms with Gasteiger partial charge in [0.1, 0.15) is 11.3 Å². The maximum Gasteiger partial charge on any atom is 0.225 e. The highest BCUT2D eigenvalue weighted by Crippen LogP contribution is 2.30. The lowest BCUT2D eigenvalue weighted by molar-refractivity contribution is -0.132. The molecule has 0 bridgehead atoms. The van der Waals surface area contributed by atoms with Crippen LogP contribution in [0, 0.1) is 0 Å². The third-order valence-corrected chi connectivity index (χ3v) is 5.38. The van der Waals surface area contributed by atoms with Crippen LogP contribution in [0.5, 0.6) is 5.75 Å². The van der Waals surface area contributed by atoms with E-state index in [2.05, 4.69) is 20.9 Å². The number of piperidine rings is 1. The van der Waals surface area contributed by atoms with Crippen LogP contribution >= 0.6 is 15.9 Å². The molecule has 1 aliphatic rings. The Kier molecular flexibility index (Phi) is 5.43. The first-order valence-corrected chi connectivity index (χ1v) is 10.00. The van der Waals surface area contributed by atoms with Gasteiger partial charge in [0.15, 0.2) is 11.5 Å². The smallest absolute Gasteiger partial charge is 0.225 e. The van der Waals surface area contributed by atoms with Crippen LogP contribution in [0.3, 0.4) is 0 Å². The number of hydrogen-bond acceptors (Lipinski definition) is 4. The molecule has 0 saturated carbocycles. The normalized spacial score (nSPS) is 15.2. The first-order valence-electron chi connectivity index (χ1n) is 9.20. The molecule has 0 unspecified atom stereocenters. The highest BCUT2D eigenvalue weighted by molar-refractivity contribution is 9.10. The maximum absolute atomic E-state index is 12.4. The summed E-state index contributed by atoms with van der Waals surface area (Å²) in [5.74, 6) is 1.98. The van der Waals surface area contributed by atoms with Crippen molar-refractivity contribution in [1.29, 1.82) is 0 Å². The Labute approximate surface area is 166 Å². The number of ether oxygens (including phenoxy) is 1. The summed E-state index contributed by atoms with van der Waals surface area (Å²) in [5.41, 5.74) is 1.73. The zero-order valence-corrected chi connectivity index (χ0v) is 16.5. The van der Waals surface area contributed by atoms with Gasteiger partial charge >= 0.3 is 0 Å². The van der Waals surface area contributed by atoms with Gasteiger partial charge in [0.2, 0.25) is 5.91 Å². The van der Waals surface area contributed by atoms with Crippen molar-refractivity contribution in [1.82, 2.24) is 9.88 Å². The molecule has 0 spiro atoms. The summed E-state index contributed by atoms with van der Waals surface area (Å²) in [4.78, 5) is 19.0. The molecule has 0 atom stereocenters.